The lowest BCUT2D eigenvalue weighted by atomic mass is 10.1. The molecule has 0 bridgehead atoms. The van der Waals surface area contributed by atoms with Crippen molar-refractivity contribution in [2.24, 2.45) is 0 Å². The van der Waals surface area contributed by atoms with Crippen LogP contribution in [-0.2, 0) is 14.3 Å². The van der Waals surface area contributed by atoms with Gasteiger partial charge in [-0.2, -0.15) is 0 Å². The summed E-state index contributed by atoms with van der Waals surface area (Å²) in [7, 11) is 1.32. The lowest BCUT2D eigenvalue weighted by Gasteiger charge is -2.25. The maximum absolute atomic E-state index is 13.7. The highest BCUT2D eigenvalue weighted by Gasteiger charge is 2.43. The molecule has 1 aromatic heterocycles. The van der Waals surface area contributed by atoms with E-state index in [1.165, 1.54) is 49.1 Å². The van der Waals surface area contributed by atoms with Gasteiger partial charge in [-0.05, 0) is 30.3 Å². The Hall–Kier alpha value is -2.81. The molecule has 28 heavy (non-hydrogen) atoms. The van der Waals surface area contributed by atoms with E-state index < -0.39 is 35.6 Å². The molecule has 148 valence electrons. The highest BCUT2D eigenvalue weighted by molar-refractivity contribution is 7.99. The van der Waals surface area contributed by atoms with Crippen molar-refractivity contribution in [2.75, 3.05) is 19.5 Å². The molecule has 0 saturated carbocycles. The summed E-state index contributed by atoms with van der Waals surface area (Å²) in [6, 6.07) is 6.32. The minimum absolute atomic E-state index is 0.0117. The summed E-state index contributed by atoms with van der Waals surface area (Å²) in [5.74, 6) is -1.36. The molecule has 9 heteroatoms. The number of methoxy groups -OCH3 is 1. The van der Waals surface area contributed by atoms with Crippen molar-refractivity contribution < 1.29 is 32.7 Å². The second kappa shape index (κ2) is 8.47. The van der Waals surface area contributed by atoms with Crippen LogP contribution >= 0.6 is 11.8 Å². The Morgan fingerprint density at radius 1 is 1.32 bits per heavy atom. The number of nitrogens with zero attached hydrogens (tertiary/aromatic N) is 1. The first-order valence-corrected chi connectivity index (χ1v) is 9.44. The van der Waals surface area contributed by atoms with Crippen molar-refractivity contribution in [1.82, 2.24) is 4.90 Å². The number of rotatable bonds is 6. The number of ether oxygens (including phenoxy) is 2. The molecule has 1 aromatic carbocycles. The lowest BCUT2D eigenvalue weighted by Crippen LogP contribution is -2.43. The maximum Gasteiger partial charge on any atom is 0.330 e. The molecule has 0 radical (unpaired) electrons. The maximum atomic E-state index is 13.7. The Morgan fingerprint density at radius 2 is 2.11 bits per heavy atom. The number of Topliss-reactive ketones (excluding diaryl/α,β-unsaturated/α-hetero) is 1. The molecule has 1 fully saturated rings. The zero-order valence-corrected chi connectivity index (χ0v) is 16.0. The molecule has 7 nitrogen and oxygen atoms in total. The van der Waals surface area contributed by atoms with Crippen molar-refractivity contribution in [3.8, 4) is 5.75 Å². The number of thioether (sulfide) groups is 1. The van der Waals surface area contributed by atoms with Gasteiger partial charge in [0, 0.05) is 18.2 Å². The van der Waals surface area contributed by atoms with Crippen LogP contribution in [0.4, 0.5) is 4.39 Å². The smallest absolute Gasteiger partial charge is 0.330 e. The van der Waals surface area contributed by atoms with Crippen LogP contribution in [0.15, 0.2) is 41.0 Å². The molecule has 1 saturated heterocycles. The number of carbonyl (C=O) groups is 3. The van der Waals surface area contributed by atoms with Gasteiger partial charge < -0.3 is 18.8 Å². The van der Waals surface area contributed by atoms with Crippen molar-refractivity contribution in [1.29, 1.82) is 0 Å². The number of amides is 1. The normalized spacial score (nSPS) is 18.8. The summed E-state index contributed by atoms with van der Waals surface area (Å²) >= 11 is 1.37. The van der Waals surface area contributed by atoms with E-state index in [0.29, 0.717) is 11.5 Å². The average Bonchev–Trinajstić information content (AvgIpc) is 3.34. The van der Waals surface area contributed by atoms with Gasteiger partial charge in [0.1, 0.15) is 17.2 Å². The first kappa shape index (κ1) is 19.9. The molecule has 3 rings (SSSR count). The van der Waals surface area contributed by atoms with Crippen LogP contribution in [0.1, 0.15) is 28.4 Å². The van der Waals surface area contributed by atoms with Crippen LogP contribution < -0.4 is 4.74 Å². The number of benzene rings is 1. The molecule has 0 unspecified atom stereocenters. The van der Waals surface area contributed by atoms with E-state index in [9.17, 15) is 18.8 Å². The van der Waals surface area contributed by atoms with Crippen LogP contribution in [0.2, 0.25) is 0 Å². The van der Waals surface area contributed by atoms with Crippen LogP contribution in [-0.4, -0.2) is 48.1 Å². The molecular weight excluding hydrogens is 389 g/mol. The topological polar surface area (TPSA) is 86.1 Å². The van der Waals surface area contributed by atoms with Crippen molar-refractivity contribution in [3.63, 3.8) is 0 Å². The molecule has 0 spiro atoms. The summed E-state index contributed by atoms with van der Waals surface area (Å²) in [4.78, 5) is 38.1. The Morgan fingerprint density at radius 3 is 2.71 bits per heavy atom. The largest absolute Gasteiger partial charge is 0.494 e. The molecule has 2 heterocycles. The standard InChI is InChI=1S/C19H18FNO6S/c1-11(22)21-14(10-28-18(21)17-4-3-7-26-17)19(24)27-9-15(23)12-5-6-16(25-2)13(20)8-12/h3-8,14,18H,9-10H2,1-2H3/t14-,18+/m0/s1. The minimum Gasteiger partial charge on any atom is -0.494 e. The van der Waals surface area contributed by atoms with E-state index in [1.54, 1.807) is 12.1 Å². The number of carbonyl (C=O) groups excluding carboxylic acids is 3. The first-order valence-electron chi connectivity index (χ1n) is 8.39. The van der Waals surface area contributed by atoms with Crippen LogP contribution in [0.3, 0.4) is 0 Å². The van der Waals surface area contributed by atoms with E-state index in [-0.39, 0.29) is 17.2 Å². The molecule has 1 aliphatic rings. The summed E-state index contributed by atoms with van der Waals surface area (Å²) in [6.45, 7) is 0.802. The third-order valence-corrected chi connectivity index (χ3v) is 5.53. The van der Waals surface area contributed by atoms with Gasteiger partial charge in [-0.15, -0.1) is 11.8 Å². The first-order chi connectivity index (χ1) is 13.4. The SMILES string of the molecule is COc1ccc(C(=O)COC(=O)[C@@H]2CS[C@H](c3ccco3)N2C(C)=O)cc1F. The Labute approximate surface area is 164 Å². The van der Waals surface area contributed by atoms with Gasteiger partial charge in [0.2, 0.25) is 5.91 Å². The molecule has 0 N–H and O–H groups in total. The third-order valence-electron chi connectivity index (χ3n) is 4.24. The van der Waals surface area contributed by atoms with Gasteiger partial charge >= 0.3 is 5.97 Å². The predicted molar refractivity (Wildman–Crippen MR) is 98.5 cm³/mol. The number of ketones is 1. The number of esters is 1. The van der Waals surface area contributed by atoms with Crippen LogP contribution in [0.25, 0.3) is 0 Å². The Bertz CT molecular complexity index is 885. The summed E-state index contributed by atoms with van der Waals surface area (Å²) in [5, 5.41) is -0.434. The van der Waals surface area contributed by atoms with Gasteiger partial charge in [-0.1, -0.05) is 0 Å². The highest BCUT2D eigenvalue weighted by atomic mass is 32.2. The molecular formula is C19H18FNO6S. The fourth-order valence-corrected chi connectivity index (χ4v) is 4.30. The Kier molecular flexibility index (Phi) is 6.03. The van der Waals surface area contributed by atoms with Crippen molar-refractivity contribution in [2.45, 2.75) is 18.3 Å². The molecule has 1 aliphatic heterocycles. The van der Waals surface area contributed by atoms with Gasteiger partial charge in [0.25, 0.3) is 0 Å². The zero-order chi connectivity index (χ0) is 20.3. The van der Waals surface area contributed by atoms with E-state index >= 15 is 0 Å². The predicted octanol–water partition coefficient (Wildman–Crippen LogP) is 2.82. The quantitative estimate of drug-likeness (QED) is 0.538. The van der Waals surface area contributed by atoms with Gasteiger partial charge in [-0.3, -0.25) is 9.59 Å². The Balaban J connectivity index is 1.65. The van der Waals surface area contributed by atoms with Crippen molar-refractivity contribution in [3.05, 3.63) is 53.7 Å². The van der Waals surface area contributed by atoms with Gasteiger partial charge in [0.15, 0.2) is 24.0 Å². The van der Waals surface area contributed by atoms with E-state index in [2.05, 4.69) is 0 Å². The van der Waals surface area contributed by atoms with Crippen molar-refractivity contribution >= 4 is 29.4 Å². The fourth-order valence-electron chi connectivity index (χ4n) is 2.88. The number of hydrogen-bond donors (Lipinski definition) is 0. The van der Waals surface area contributed by atoms with E-state index in [1.807, 2.05) is 0 Å². The second-order valence-corrected chi connectivity index (χ2v) is 7.14. The van der Waals surface area contributed by atoms with E-state index in [4.69, 9.17) is 13.9 Å². The molecule has 1 amide bonds. The highest BCUT2D eigenvalue weighted by Crippen LogP contribution is 2.41. The molecule has 2 atom stereocenters. The van der Waals surface area contributed by atoms with Crippen LogP contribution in [0.5, 0.6) is 5.75 Å². The number of hydrogen-bond acceptors (Lipinski definition) is 7. The number of furan rings is 1. The molecule has 0 aliphatic carbocycles. The average molecular weight is 407 g/mol. The van der Waals surface area contributed by atoms with Gasteiger partial charge in [-0.25, -0.2) is 9.18 Å². The second-order valence-electron chi connectivity index (χ2n) is 6.02. The summed E-state index contributed by atoms with van der Waals surface area (Å²) in [6.07, 6.45) is 1.49. The summed E-state index contributed by atoms with van der Waals surface area (Å²) < 4.78 is 29.0. The molecule has 2 aromatic rings. The lowest BCUT2D eigenvalue weighted by molar-refractivity contribution is -0.152. The number of halogens is 1. The minimum atomic E-state index is -0.835. The fraction of sp³-hybridized carbons (Fsp3) is 0.316. The third kappa shape index (κ3) is 4.04. The zero-order valence-electron chi connectivity index (χ0n) is 15.2. The van der Waals surface area contributed by atoms with Crippen LogP contribution in [0, 0.1) is 5.82 Å². The summed E-state index contributed by atoms with van der Waals surface area (Å²) in [5.41, 5.74) is 0.0591. The van der Waals surface area contributed by atoms with Gasteiger partial charge in [0.05, 0.1) is 13.4 Å². The van der Waals surface area contributed by atoms with E-state index in [0.717, 1.165) is 6.07 Å². The monoisotopic (exact) mass is 407 g/mol.